The molecule has 0 aliphatic heterocycles. The fraction of sp³-hybridized carbons (Fsp3) is 0.100. The third kappa shape index (κ3) is 0.999. The first-order valence-corrected chi connectivity index (χ1v) is 4.56. The maximum atomic E-state index is 11.7. The summed E-state index contributed by atoms with van der Waals surface area (Å²) in [6, 6.07) is 7.60. The number of rotatable bonds is 0. The van der Waals surface area contributed by atoms with Crippen LogP contribution in [0, 0.1) is 0 Å². The Kier molecular flexibility index (Phi) is 1.45. The minimum atomic E-state index is -0.186. The summed E-state index contributed by atoms with van der Waals surface area (Å²) in [5.41, 5.74) is 1.93. The van der Waals surface area contributed by atoms with Gasteiger partial charge in [-0.1, -0.05) is 12.1 Å². The molecule has 0 saturated carbocycles. The molecule has 0 fully saturated rings. The molecule has 1 aromatic carbocycles. The van der Waals surface area contributed by atoms with Gasteiger partial charge in [-0.25, -0.2) is 9.67 Å². The molecule has 15 heavy (non-hydrogen) atoms. The molecular formula is C10H8N4O. The van der Waals surface area contributed by atoms with E-state index in [0.717, 1.165) is 11.0 Å². The van der Waals surface area contributed by atoms with E-state index >= 15 is 0 Å². The van der Waals surface area contributed by atoms with E-state index in [1.54, 1.807) is 17.8 Å². The highest BCUT2D eigenvalue weighted by Crippen LogP contribution is 2.12. The van der Waals surface area contributed by atoms with Gasteiger partial charge < -0.3 is 0 Å². The number of aromatic nitrogens is 4. The molecule has 0 saturated heterocycles. The standard InChI is InChI=1S/C10H8N4O/c1-13-10(15)9-12-7-4-2-3-5-8(7)14(9)6-11-13/h2-6H,1H3. The van der Waals surface area contributed by atoms with Gasteiger partial charge >= 0.3 is 5.56 Å². The molecule has 0 atom stereocenters. The van der Waals surface area contributed by atoms with Crippen molar-refractivity contribution in [3.8, 4) is 0 Å². The lowest BCUT2D eigenvalue weighted by Gasteiger charge is -1.96. The van der Waals surface area contributed by atoms with Gasteiger partial charge in [-0.15, -0.1) is 0 Å². The normalized spacial score (nSPS) is 11.3. The topological polar surface area (TPSA) is 52.2 Å². The van der Waals surface area contributed by atoms with Crippen molar-refractivity contribution >= 4 is 16.7 Å². The van der Waals surface area contributed by atoms with Gasteiger partial charge in [0.25, 0.3) is 0 Å². The number of fused-ring (bicyclic) bond motifs is 3. The summed E-state index contributed by atoms with van der Waals surface area (Å²) < 4.78 is 2.98. The number of nitrogens with zero attached hydrogens (tertiary/aromatic N) is 4. The van der Waals surface area contributed by atoms with Gasteiger partial charge in [0.15, 0.2) is 0 Å². The quantitative estimate of drug-likeness (QED) is 0.533. The third-order valence-corrected chi connectivity index (χ3v) is 2.42. The molecule has 74 valence electrons. The smallest absolute Gasteiger partial charge is 0.277 e. The molecule has 0 N–H and O–H groups in total. The Balaban J connectivity index is 2.66. The zero-order chi connectivity index (χ0) is 10.4. The second-order valence-corrected chi connectivity index (χ2v) is 3.35. The number of imidazole rings is 1. The predicted molar refractivity (Wildman–Crippen MR) is 55.7 cm³/mol. The summed E-state index contributed by atoms with van der Waals surface area (Å²) in [6.45, 7) is 0. The highest BCUT2D eigenvalue weighted by atomic mass is 16.1. The zero-order valence-electron chi connectivity index (χ0n) is 8.08. The van der Waals surface area contributed by atoms with Crippen molar-refractivity contribution < 1.29 is 0 Å². The van der Waals surface area contributed by atoms with Crippen LogP contribution in [0.4, 0.5) is 0 Å². The van der Waals surface area contributed by atoms with Crippen molar-refractivity contribution in [2.75, 3.05) is 0 Å². The van der Waals surface area contributed by atoms with Crippen molar-refractivity contribution in [2.45, 2.75) is 0 Å². The van der Waals surface area contributed by atoms with Gasteiger partial charge in [-0.2, -0.15) is 5.10 Å². The molecule has 2 aromatic heterocycles. The van der Waals surface area contributed by atoms with Crippen molar-refractivity contribution in [1.29, 1.82) is 0 Å². The van der Waals surface area contributed by atoms with Gasteiger partial charge in [0.2, 0.25) is 5.65 Å². The molecule has 3 rings (SSSR count). The average Bonchev–Trinajstić information content (AvgIpc) is 2.63. The Morgan fingerprint density at radius 3 is 2.93 bits per heavy atom. The summed E-state index contributed by atoms with van der Waals surface area (Å²) in [4.78, 5) is 16.0. The van der Waals surface area contributed by atoms with Crippen molar-refractivity contribution in [2.24, 2.45) is 7.05 Å². The molecule has 0 unspecified atom stereocenters. The molecule has 5 nitrogen and oxygen atoms in total. The maximum absolute atomic E-state index is 11.7. The minimum absolute atomic E-state index is 0.186. The van der Waals surface area contributed by atoms with Crippen LogP contribution in [-0.2, 0) is 7.05 Å². The van der Waals surface area contributed by atoms with Gasteiger partial charge in [0, 0.05) is 7.05 Å². The van der Waals surface area contributed by atoms with E-state index < -0.39 is 0 Å². The van der Waals surface area contributed by atoms with Crippen LogP contribution in [0.1, 0.15) is 0 Å². The lowest BCUT2D eigenvalue weighted by Crippen LogP contribution is -2.21. The van der Waals surface area contributed by atoms with E-state index in [4.69, 9.17) is 0 Å². The Morgan fingerprint density at radius 2 is 2.07 bits per heavy atom. The summed E-state index contributed by atoms with van der Waals surface area (Å²) in [6.07, 6.45) is 1.60. The first-order chi connectivity index (χ1) is 7.27. The number of para-hydroxylation sites is 2. The molecule has 5 heteroatoms. The number of benzene rings is 1. The molecule has 0 amide bonds. The molecule has 0 radical (unpaired) electrons. The zero-order valence-corrected chi connectivity index (χ0v) is 8.08. The second-order valence-electron chi connectivity index (χ2n) is 3.35. The van der Waals surface area contributed by atoms with E-state index in [1.165, 1.54) is 4.68 Å². The van der Waals surface area contributed by atoms with Crippen LogP contribution < -0.4 is 5.56 Å². The van der Waals surface area contributed by atoms with E-state index in [1.807, 2.05) is 24.3 Å². The van der Waals surface area contributed by atoms with Gasteiger partial charge in [0.05, 0.1) is 11.0 Å². The third-order valence-electron chi connectivity index (χ3n) is 2.42. The van der Waals surface area contributed by atoms with E-state index in [-0.39, 0.29) is 5.56 Å². The van der Waals surface area contributed by atoms with Gasteiger partial charge in [0.1, 0.15) is 6.33 Å². The lowest BCUT2D eigenvalue weighted by molar-refractivity contribution is 0.690. The van der Waals surface area contributed by atoms with E-state index in [0.29, 0.717) is 5.65 Å². The largest absolute Gasteiger partial charge is 0.310 e. The maximum Gasteiger partial charge on any atom is 0.310 e. The van der Waals surface area contributed by atoms with Crippen LogP contribution in [0.5, 0.6) is 0 Å². The minimum Gasteiger partial charge on any atom is -0.277 e. The molecular weight excluding hydrogens is 192 g/mol. The number of aryl methyl sites for hydroxylation is 1. The van der Waals surface area contributed by atoms with Crippen LogP contribution >= 0.6 is 0 Å². The number of hydrogen-bond acceptors (Lipinski definition) is 3. The van der Waals surface area contributed by atoms with Crippen molar-refractivity contribution in [3.05, 3.63) is 40.9 Å². The highest BCUT2D eigenvalue weighted by Gasteiger charge is 2.07. The average molecular weight is 200 g/mol. The summed E-state index contributed by atoms with van der Waals surface area (Å²) in [5.74, 6) is 0. The van der Waals surface area contributed by atoms with Gasteiger partial charge in [-0.3, -0.25) is 9.20 Å². The Hall–Kier alpha value is -2.17. The Morgan fingerprint density at radius 1 is 1.27 bits per heavy atom. The first-order valence-electron chi connectivity index (χ1n) is 4.56. The monoisotopic (exact) mass is 200 g/mol. The lowest BCUT2D eigenvalue weighted by atomic mass is 10.3. The second kappa shape index (κ2) is 2.66. The van der Waals surface area contributed by atoms with Gasteiger partial charge in [-0.05, 0) is 12.1 Å². The Labute approximate surface area is 84.6 Å². The van der Waals surface area contributed by atoms with E-state index in [2.05, 4.69) is 10.1 Å². The molecule has 3 aromatic rings. The molecule has 0 aliphatic carbocycles. The fourth-order valence-corrected chi connectivity index (χ4v) is 1.64. The van der Waals surface area contributed by atoms with Crippen LogP contribution in [0.2, 0.25) is 0 Å². The molecule has 0 aliphatic rings. The van der Waals surface area contributed by atoms with Crippen LogP contribution in [0.25, 0.3) is 16.7 Å². The molecule has 0 bridgehead atoms. The van der Waals surface area contributed by atoms with Crippen LogP contribution in [-0.4, -0.2) is 19.2 Å². The van der Waals surface area contributed by atoms with Crippen molar-refractivity contribution in [1.82, 2.24) is 19.2 Å². The predicted octanol–water partition coefficient (Wildman–Crippen LogP) is 0.581. The summed E-state index contributed by atoms with van der Waals surface area (Å²) in [5, 5.41) is 3.96. The Bertz CT molecular complexity index is 710. The number of hydrogen-bond donors (Lipinski definition) is 0. The summed E-state index contributed by atoms with van der Waals surface area (Å²) >= 11 is 0. The summed E-state index contributed by atoms with van der Waals surface area (Å²) in [7, 11) is 1.61. The van der Waals surface area contributed by atoms with Crippen molar-refractivity contribution in [3.63, 3.8) is 0 Å². The fourth-order valence-electron chi connectivity index (χ4n) is 1.64. The first kappa shape index (κ1) is 8.16. The van der Waals surface area contributed by atoms with Crippen LogP contribution in [0.3, 0.4) is 0 Å². The van der Waals surface area contributed by atoms with Crippen LogP contribution in [0.15, 0.2) is 35.4 Å². The highest BCUT2D eigenvalue weighted by molar-refractivity contribution is 5.79. The molecule has 2 heterocycles. The van der Waals surface area contributed by atoms with E-state index in [9.17, 15) is 4.79 Å². The molecule has 0 spiro atoms. The SMILES string of the molecule is Cn1ncn2c(nc3ccccc32)c1=O.